The Hall–Kier alpha value is -2.15. The van der Waals surface area contributed by atoms with E-state index in [1.807, 2.05) is 0 Å². The topological polar surface area (TPSA) is 69.7 Å². The number of benzene rings is 2. The van der Waals surface area contributed by atoms with E-state index >= 15 is 0 Å². The van der Waals surface area contributed by atoms with Gasteiger partial charge in [-0.15, -0.1) is 0 Å². The molecule has 0 saturated carbocycles. The van der Waals surface area contributed by atoms with Crippen molar-refractivity contribution in [2.75, 3.05) is 13.1 Å². The van der Waals surface area contributed by atoms with Crippen molar-refractivity contribution in [1.82, 2.24) is 9.88 Å². The highest BCUT2D eigenvalue weighted by atomic mass is 16.4. The summed E-state index contributed by atoms with van der Waals surface area (Å²) in [7, 11) is -1.49. The maximum atomic E-state index is 9.31. The Kier molecular flexibility index (Phi) is 6.04. The minimum Gasteiger partial charge on any atom is -0.441 e. The van der Waals surface area contributed by atoms with Gasteiger partial charge in [-0.1, -0.05) is 44.2 Å². The van der Waals surface area contributed by atoms with Crippen molar-refractivity contribution in [3.63, 3.8) is 0 Å². The molecule has 3 aromatic rings. The molecule has 2 N–H and O–H groups in total. The van der Waals surface area contributed by atoms with Gasteiger partial charge in [-0.2, -0.15) is 0 Å². The largest absolute Gasteiger partial charge is 0.488 e. The van der Waals surface area contributed by atoms with Crippen LogP contribution in [0.1, 0.15) is 49.6 Å². The summed E-state index contributed by atoms with van der Waals surface area (Å²) in [5.74, 6) is 1.89. The summed E-state index contributed by atoms with van der Waals surface area (Å²) in [6.45, 7) is 7.66. The van der Waals surface area contributed by atoms with E-state index in [0.29, 0.717) is 22.9 Å². The van der Waals surface area contributed by atoms with E-state index in [9.17, 15) is 10.0 Å². The zero-order chi connectivity index (χ0) is 20.4. The van der Waals surface area contributed by atoms with Gasteiger partial charge in [0.1, 0.15) is 5.52 Å². The summed E-state index contributed by atoms with van der Waals surface area (Å²) in [5, 5.41) is 18.6. The van der Waals surface area contributed by atoms with Gasteiger partial charge >= 0.3 is 7.12 Å². The fourth-order valence-electron chi connectivity index (χ4n) is 4.10. The zero-order valence-electron chi connectivity index (χ0n) is 17.2. The molecular weight excluding hydrogens is 363 g/mol. The molecule has 0 atom stereocenters. The summed E-state index contributed by atoms with van der Waals surface area (Å²) in [5.41, 5.74) is 4.59. The van der Waals surface area contributed by atoms with Crippen LogP contribution in [0.5, 0.6) is 0 Å². The van der Waals surface area contributed by atoms with Crippen molar-refractivity contribution < 1.29 is 14.5 Å². The second-order valence-corrected chi connectivity index (χ2v) is 8.53. The Bertz CT molecular complexity index is 944. The van der Waals surface area contributed by atoms with Crippen LogP contribution in [0.25, 0.3) is 11.1 Å². The zero-order valence-corrected chi connectivity index (χ0v) is 17.2. The van der Waals surface area contributed by atoms with E-state index in [1.165, 1.54) is 11.1 Å². The first-order valence-corrected chi connectivity index (χ1v) is 10.5. The molecular formula is C23H29BN2O3. The molecule has 2 aromatic carbocycles. The number of likely N-dealkylation sites (tertiary alicyclic amines) is 1. The van der Waals surface area contributed by atoms with Crippen molar-refractivity contribution in [1.29, 1.82) is 0 Å². The van der Waals surface area contributed by atoms with Crippen LogP contribution >= 0.6 is 0 Å². The molecule has 0 aliphatic carbocycles. The minimum absolute atomic E-state index is 0.426. The van der Waals surface area contributed by atoms with E-state index in [2.05, 4.69) is 48.0 Å². The molecule has 4 rings (SSSR count). The van der Waals surface area contributed by atoms with Crippen LogP contribution in [-0.4, -0.2) is 40.1 Å². The minimum atomic E-state index is -1.49. The number of hydrogen-bond donors (Lipinski definition) is 2. The van der Waals surface area contributed by atoms with Crippen LogP contribution in [0.4, 0.5) is 0 Å². The lowest BCUT2D eigenvalue weighted by atomic mass is 9.80. The molecule has 29 heavy (non-hydrogen) atoms. The highest BCUT2D eigenvalue weighted by Crippen LogP contribution is 2.25. The summed E-state index contributed by atoms with van der Waals surface area (Å²) in [4.78, 5) is 7.10. The van der Waals surface area contributed by atoms with E-state index < -0.39 is 7.12 Å². The molecule has 0 unspecified atom stereocenters. The maximum absolute atomic E-state index is 9.31. The molecule has 1 aromatic heterocycles. The van der Waals surface area contributed by atoms with Gasteiger partial charge in [0, 0.05) is 13.0 Å². The number of piperidine rings is 1. The first kappa shape index (κ1) is 20.1. The molecule has 1 saturated heterocycles. The number of oxazole rings is 1. The SMILES string of the molecule is CC(C)c1ccc(CN2CCC(Cc3nc4ccc(B(O)O)cc4o3)CC2)cc1. The van der Waals surface area contributed by atoms with Crippen molar-refractivity contribution in [2.24, 2.45) is 5.92 Å². The van der Waals surface area contributed by atoms with E-state index in [4.69, 9.17) is 4.42 Å². The first-order chi connectivity index (χ1) is 14.0. The molecule has 152 valence electrons. The van der Waals surface area contributed by atoms with Crippen LogP contribution in [0.3, 0.4) is 0 Å². The molecule has 1 aliphatic rings. The number of aromatic nitrogens is 1. The van der Waals surface area contributed by atoms with Crippen LogP contribution in [-0.2, 0) is 13.0 Å². The van der Waals surface area contributed by atoms with E-state index in [1.54, 1.807) is 18.2 Å². The molecule has 0 radical (unpaired) electrons. The highest BCUT2D eigenvalue weighted by molar-refractivity contribution is 6.58. The Morgan fingerprint density at radius 2 is 1.83 bits per heavy atom. The van der Waals surface area contributed by atoms with Crippen LogP contribution in [0.2, 0.25) is 0 Å². The lowest BCUT2D eigenvalue weighted by Crippen LogP contribution is -2.33. The van der Waals surface area contributed by atoms with E-state index in [-0.39, 0.29) is 0 Å². The van der Waals surface area contributed by atoms with Crippen molar-refractivity contribution in [3.05, 3.63) is 59.5 Å². The normalized spacial score (nSPS) is 16.0. The predicted octanol–water partition coefficient (Wildman–Crippen LogP) is 3.09. The van der Waals surface area contributed by atoms with Gasteiger partial charge in [0.05, 0.1) is 0 Å². The maximum Gasteiger partial charge on any atom is 0.488 e. The molecule has 6 heteroatoms. The van der Waals surface area contributed by atoms with Crippen LogP contribution < -0.4 is 5.46 Å². The van der Waals surface area contributed by atoms with Crippen molar-refractivity contribution in [3.8, 4) is 0 Å². The summed E-state index contributed by atoms with van der Waals surface area (Å²) < 4.78 is 5.87. The molecule has 5 nitrogen and oxygen atoms in total. The lowest BCUT2D eigenvalue weighted by Gasteiger charge is -2.31. The van der Waals surface area contributed by atoms with E-state index in [0.717, 1.165) is 50.3 Å². The molecule has 2 heterocycles. The Morgan fingerprint density at radius 1 is 1.10 bits per heavy atom. The van der Waals surface area contributed by atoms with Gasteiger partial charge in [0.15, 0.2) is 11.5 Å². The Morgan fingerprint density at radius 3 is 2.48 bits per heavy atom. The molecule has 0 bridgehead atoms. The number of fused-ring (bicyclic) bond motifs is 1. The average Bonchev–Trinajstić information content (AvgIpc) is 3.11. The second kappa shape index (κ2) is 8.70. The highest BCUT2D eigenvalue weighted by Gasteiger charge is 2.22. The molecule has 0 spiro atoms. The third-order valence-electron chi connectivity index (χ3n) is 5.98. The van der Waals surface area contributed by atoms with Gasteiger partial charge in [-0.05, 0) is 66.5 Å². The third kappa shape index (κ3) is 4.89. The molecule has 1 aliphatic heterocycles. The number of nitrogens with zero attached hydrogens (tertiary/aromatic N) is 2. The first-order valence-electron chi connectivity index (χ1n) is 10.5. The molecule has 1 fully saturated rings. The van der Waals surface area contributed by atoms with Crippen molar-refractivity contribution in [2.45, 2.75) is 45.6 Å². The van der Waals surface area contributed by atoms with Crippen LogP contribution in [0, 0.1) is 5.92 Å². The van der Waals surface area contributed by atoms with Gasteiger partial charge in [-0.25, -0.2) is 4.98 Å². The fraction of sp³-hybridized carbons (Fsp3) is 0.435. The quantitative estimate of drug-likeness (QED) is 0.631. The van der Waals surface area contributed by atoms with Crippen LogP contribution in [0.15, 0.2) is 46.9 Å². The summed E-state index contributed by atoms with van der Waals surface area (Å²) >= 11 is 0. The predicted molar refractivity (Wildman–Crippen MR) is 116 cm³/mol. The Balaban J connectivity index is 1.31. The summed E-state index contributed by atoms with van der Waals surface area (Å²) in [6.07, 6.45) is 3.12. The van der Waals surface area contributed by atoms with Gasteiger partial charge in [-0.3, -0.25) is 4.90 Å². The van der Waals surface area contributed by atoms with Gasteiger partial charge < -0.3 is 14.5 Å². The fourth-order valence-corrected chi connectivity index (χ4v) is 4.10. The second-order valence-electron chi connectivity index (χ2n) is 8.53. The van der Waals surface area contributed by atoms with Gasteiger partial charge in [0.25, 0.3) is 0 Å². The standard InChI is InChI=1S/C23H29BN2O3/c1-16(2)19-5-3-18(4-6-19)15-26-11-9-17(10-12-26)13-23-25-21-8-7-20(24(27)28)14-22(21)29-23/h3-8,14,16-17,27-28H,9-13,15H2,1-2H3. The third-order valence-corrected chi connectivity index (χ3v) is 5.98. The average molecular weight is 392 g/mol. The Labute approximate surface area is 172 Å². The number of rotatable bonds is 6. The number of hydrogen-bond acceptors (Lipinski definition) is 5. The molecule has 0 amide bonds. The smallest absolute Gasteiger partial charge is 0.441 e. The summed E-state index contributed by atoms with van der Waals surface area (Å²) in [6, 6.07) is 14.1. The van der Waals surface area contributed by atoms with Crippen molar-refractivity contribution >= 4 is 23.7 Å². The van der Waals surface area contributed by atoms with Gasteiger partial charge in [0.2, 0.25) is 0 Å². The monoisotopic (exact) mass is 392 g/mol. The lowest BCUT2D eigenvalue weighted by molar-refractivity contribution is 0.173.